The molecule has 2 aromatic carbocycles. The zero-order valence-electron chi connectivity index (χ0n) is 17.9. The van der Waals surface area contributed by atoms with Crippen LogP contribution in [0.5, 0.6) is 5.75 Å². The van der Waals surface area contributed by atoms with Crippen LogP contribution in [0.2, 0.25) is 0 Å². The van der Waals surface area contributed by atoms with Crippen molar-refractivity contribution in [2.24, 2.45) is 0 Å². The highest BCUT2D eigenvalue weighted by molar-refractivity contribution is 5.90. The van der Waals surface area contributed by atoms with E-state index in [4.69, 9.17) is 9.47 Å². The Labute approximate surface area is 174 Å². The van der Waals surface area contributed by atoms with Crippen molar-refractivity contribution in [1.29, 1.82) is 0 Å². The minimum Gasteiger partial charge on any atom is -0.497 e. The van der Waals surface area contributed by atoms with Crippen molar-refractivity contribution in [2.45, 2.75) is 70.7 Å². The molecule has 1 fully saturated rings. The number of carbonyl (C=O) groups excluding carboxylic acids is 1. The van der Waals surface area contributed by atoms with Gasteiger partial charge in [0.05, 0.1) is 19.3 Å². The van der Waals surface area contributed by atoms with Crippen LogP contribution in [0.1, 0.15) is 57.1 Å². The van der Waals surface area contributed by atoms with Crippen molar-refractivity contribution < 1.29 is 14.3 Å². The number of nitrogens with zero attached hydrogens (tertiary/aromatic N) is 1. The topological polar surface area (TPSA) is 38.8 Å². The van der Waals surface area contributed by atoms with Gasteiger partial charge in [-0.3, -0.25) is 4.79 Å². The fourth-order valence-electron chi connectivity index (χ4n) is 4.30. The number of β-lactam (4-membered cyclic amide) rings is 1. The summed E-state index contributed by atoms with van der Waals surface area (Å²) in [7, 11) is 1.67. The molecule has 2 atom stereocenters. The molecule has 3 rings (SSSR count). The number of rotatable bonds is 11. The third-order valence-corrected chi connectivity index (χ3v) is 6.10. The number of benzene rings is 2. The van der Waals surface area contributed by atoms with Gasteiger partial charge in [0, 0.05) is 6.54 Å². The minimum absolute atomic E-state index is 0.107. The number of methoxy groups -OCH3 is 1. The van der Waals surface area contributed by atoms with Crippen LogP contribution in [-0.2, 0) is 22.7 Å². The Morgan fingerprint density at radius 1 is 0.966 bits per heavy atom. The predicted molar refractivity (Wildman–Crippen MR) is 116 cm³/mol. The normalized spacial score (nSPS) is 21.1. The first-order chi connectivity index (χ1) is 14.1. The molecule has 4 heteroatoms. The molecular formula is C25H33NO3. The Morgan fingerprint density at radius 2 is 1.69 bits per heavy atom. The zero-order valence-corrected chi connectivity index (χ0v) is 17.9. The van der Waals surface area contributed by atoms with Gasteiger partial charge in [0.2, 0.25) is 0 Å². The Hall–Kier alpha value is -2.33. The average molecular weight is 396 g/mol. The van der Waals surface area contributed by atoms with E-state index < -0.39 is 0 Å². The molecule has 1 amide bonds. The quantitative estimate of drug-likeness (QED) is 0.380. The van der Waals surface area contributed by atoms with Crippen LogP contribution < -0.4 is 4.74 Å². The summed E-state index contributed by atoms with van der Waals surface area (Å²) in [5.74, 6) is 0.938. The average Bonchev–Trinajstić information content (AvgIpc) is 2.77. The van der Waals surface area contributed by atoms with Crippen LogP contribution in [0, 0.1) is 0 Å². The van der Waals surface area contributed by atoms with Crippen LogP contribution in [-0.4, -0.2) is 29.6 Å². The number of amides is 1. The fraction of sp³-hybridized carbons (Fsp3) is 0.480. The summed E-state index contributed by atoms with van der Waals surface area (Å²) in [5.41, 5.74) is 2.00. The first-order valence-corrected chi connectivity index (χ1v) is 10.7. The van der Waals surface area contributed by atoms with Gasteiger partial charge in [0.1, 0.15) is 5.75 Å². The van der Waals surface area contributed by atoms with E-state index in [0.29, 0.717) is 13.2 Å². The second-order valence-corrected chi connectivity index (χ2v) is 7.86. The number of likely N-dealkylation sites (tertiary alicyclic amines) is 1. The first kappa shape index (κ1) is 21.4. The van der Waals surface area contributed by atoms with Gasteiger partial charge >= 0.3 is 0 Å². The Bertz CT molecular complexity index is 774. The summed E-state index contributed by atoms with van der Waals surface area (Å²) in [5, 5.41) is 0. The number of carbonyl (C=O) groups is 1. The third-order valence-electron chi connectivity index (χ3n) is 6.10. The van der Waals surface area contributed by atoms with Gasteiger partial charge in [-0.25, -0.2) is 0 Å². The molecule has 2 aromatic rings. The number of hydrogen-bond acceptors (Lipinski definition) is 3. The maximum atomic E-state index is 13.1. The molecule has 0 unspecified atom stereocenters. The SMILES string of the molecule is CCCCC[C@@]1(CC)[C@H](OCc2ccccc2)C(=O)N1Cc1ccc(OC)cc1. The molecule has 0 spiro atoms. The zero-order chi connectivity index (χ0) is 20.7. The lowest BCUT2D eigenvalue weighted by atomic mass is 9.74. The summed E-state index contributed by atoms with van der Waals surface area (Å²) in [6.45, 7) is 5.48. The molecular weight excluding hydrogens is 362 g/mol. The Kier molecular flexibility index (Phi) is 7.32. The number of hydrogen-bond donors (Lipinski definition) is 0. The van der Waals surface area contributed by atoms with Gasteiger partial charge in [-0.1, -0.05) is 75.6 Å². The van der Waals surface area contributed by atoms with E-state index in [1.807, 2.05) is 59.5 Å². The number of unbranched alkanes of at least 4 members (excludes halogenated alkanes) is 2. The molecule has 0 N–H and O–H groups in total. The highest BCUT2D eigenvalue weighted by Gasteiger charge is 2.59. The Balaban J connectivity index is 1.75. The summed E-state index contributed by atoms with van der Waals surface area (Å²) in [6, 6.07) is 18.1. The lowest BCUT2D eigenvalue weighted by molar-refractivity contribution is -0.202. The predicted octanol–water partition coefficient (Wildman–Crippen LogP) is 5.35. The standard InChI is InChI=1S/C25H33NO3/c1-4-6-10-17-25(5-2)23(29-19-21-11-8-7-9-12-21)24(27)26(25)18-20-13-15-22(28-3)16-14-20/h7-9,11-16,23H,4-6,10,17-19H2,1-3H3/t23-,25+/m1/s1. The van der Waals surface area contributed by atoms with Crippen LogP contribution in [0.3, 0.4) is 0 Å². The van der Waals surface area contributed by atoms with Crippen molar-refractivity contribution >= 4 is 5.91 Å². The smallest absolute Gasteiger partial charge is 0.255 e. The van der Waals surface area contributed by atoms with E-state index in [9.17, 15) is 4.79 Å². The lowest BCUT2D eigenvalue weighted by Crippen LogP contribution is -2.74. The van der Waals surface area contributed by atoms with E-state index in [1.54, 1.807) is 7.11 Å². The first-order valence-electron chi connectivity index (χ1n) is 10.7. The molecule has 1 heterocycles. The van der Waals surface area contributed by atoms with Crippen LogP contribution in [0.4, 0.5) is 0 Å². The van der Waals surface area contributed by atoms with E-state index in [-0.39, 0.29) is 17.6 Å². The molecule has 0 radical (unpaired) electrons. The molecule has 0 aliphatic carbocycles. The summed E-state index contributed by atoms with van der Waals surface area (Å²) < 4.78 is 11.5. The van der Waals surface area contributed by atoms with Gasteiger partial charge in [-0.15, -0.1) is 0 Å². The van der Waals surface area contributed by atoms with E-state index in [1.165, 1.54) is 12.8 Å². The second-order valence-electron chi connectivity index (χ2n) is 7.86. The summed E-state index contributed by atoms with van der Waals surface area (Å²) in [6.07, 6.45) is 4.99. The minimum atomic E-state index is -0.359. The van der Waals surface area contributed by atoms with Crippen LogP contribution in [0.25, 0.3) is 0 Å². The maximum Gasteiger partial charge on any atom is 0.255 e. The largest absolute Gasteiger partial charge is 0.497 e. The van der Waals surface area contributed by atoms with Crippen molar-refractivity contribution in [1.82, 2.24) is 4.90 Å². The monoisotopic (exact) mass is 395 g/mol. The highest BCUT2D eigenvalue weighted by atomic mass is 16.5. The van der Waals surface area contributed by atoms with E-state index in [2.05, 4.69) is 13.8 Å². The summed E-state index contributed by atoms with van der Waals surface area (Å²) >= 11 is 0. The van der Waals surface area contributed by atoms with Crippen molar-refractivity contribution in [3.63, 3.8) is 0 Å². The van der Waals surface area contributed by atoms with Crippen LogP contribution >= 0.6 is 0 Å². The molecule has 4 nitrogen and oxygen atoms in total. The van der Waals surface area contributed by atoms with Crippen molar-refractivity contribution in [3.8, 4) is 5.75 Å². The van der Waals surface area contributed by atoms with Gasteiger partial charge in [0.25, 0.3) is 5.91 Å². The molecule has 156 valence electrons. The molecule has 1 saturated heterocycles. The van der Waals surface area contributed by atoms with Gasteiger partial charge in [-0.2, -0.15) is 0 Å². The van der Waals surface area contributed by atoms with Crippen molar-refractivity contribution in [3.05, 3.63) is 65.7 Å². The molecule has 1 aliphatic rings. The van der Waals surface area contributed by atoms with E-state index in [0.717, 1.165) is 36.1 Å². The fourth-order valence-corrected chi connectivity index (χ4v) is 4.30. The maximum absolute atomic E-state index is 13.1. The van der Waals surface area contributed by atoms with Crippen molar-refractivity contribution in [2.75, 3.05) is 7.11 Å². The second kappa shape index (κ2) is 9.93. The molecule has 29 heavy (non-hydrogen) atoms. The molecule has 0 bridgehead atoms. The van der Waals surface area contributed by atoms with Crippen LogP contribution in [0.15, 0.2) is 54.6 Å². The Morgan fingerprint density at radius 3 is 2.31 bits per heavy atom. The number of ether oxygens (including phenoxy) is 2. The lowest BCUT2D eigenvalue weighted by Gasteiger charge is -2.57. The van der Waals surface area contributed by atoms with Gasteiger partial charge in [0.15, 0.2) is 6.10 Å². The highest BCUT2D eigenvalue weighted by Crippen LogP contribution is 2.43. The van der Waals surface area contributed by atoms with E-state index >= 15 is 0 Å². The molecule has 0 aromatic heterocycles. The van der Waals surface area contributed by atoms with Gasteiger partial charge < -0.3 is 14.4 Å². The third kappa shape index (κ3) is 4.64. The molecule has 0 saturated carbocycles. The molecule has 1 aliphatic heterocycles. The van der Waals surface area contributed by atoms with Gasteiger partial charge in [-0.05, 0) is 36.1 Å². The summed E-state index contributed by atoms with van der Waals surface area (Å²) in [4.78, 5) is 15.1.